The van der Waals surface area contributed by atoms with Crippen molar-refractivity contribution in [2.45, 2.75) is 12.1 Å². The predicted octanol–water partition coefficient (Wildman–Crippen LogP) is 3.04. The smallest absolute Gasteiger partial charge is 0.269 e. The standard InChI is InChI=1S/C22H16N4O5/c27-21-18-19(14-5-4-12-23-13-14)25(16-6-2-1-3-7-16)31-20(18)22(28)24(21)15-8-10-17(11-9-15)26(29)30/h1-13,18-20H/t18-,19+,20-/m0/s1. The van der Waals surface area contributed by atoms with Crippen molar-refractivity contribution >= 4 is 28.9 Å². The van der Waals surface area contributed by atoms with Crippen molar-refractivity contribution in [3.63, 3.8) is 0 Å². The third-order valence-corrected chi connectivity index (χ3v) is 5.47. The number of para-hydroxylation sites is 1. The van der Waals surface area contributed by atoms with E-state index >= 15 is 0 Å². The maximum atomic E-state index is 13.4. The number of benzene rings is 2. The maximum absolute atomic E-state index is 13.4. The lowest BCUT2D eigenvalue weighted by Gasteiger charge is -2.28. The molecule has 3 heterocycles. The fourth-order valence-corrected chi connectivity index (χ4v) is 4.08. The second-order valence-electron chi connectivity index (χ2n) is 7.23. The number of rotatable bonds is 4. The van der Waals surface area contributed by atoms with Crippen LogP contribution in [0.1, 0.15) is 11.6 Å². The van der Waals surface area contributed by atoms with Gasteiger partial charge in [0.15, 0.2) is 6.10 Å². The third-order valence-electron chi connectivity index (χ3n) is 5.47. The Morgan fingerprint density at radius 3 is 2.29 bits per heavy atom. The first-order chi connectivity index (χ1) is 15.1. The van der Waals surface area contributed by atoms with E-state index in [2.05, 4.69) is 4.98 Å². The number of hydroxylamine groups is 1. The molecule has 9 nitrogen and oxygen atoms in total. The monoisotopic (exact) mass is 416 g/mol. The summed E-state index contributed by atoms with van der Waals surface area (Å²) < 4.78 is 0. The Bertz CT molecular complexity index is 1150. The first-order valence-corrected chi connectivity index (χ1v) is 9.59. The Morgan fingerprint density at radius 1 is 0.903 bits per heavy atom. The number of amides is 2. The first kappa shape index (κ1) is 18.9. The van der Waals surface area contributed by atoms with E-state index in [9.17, 15) is 19.7 Å². The lowest BCUT2D eigenvalue weighted by molar-refractivity contribution is -0.384. The van der Waals surface area contributed by atoms with Crippen molar-refractivity contribution in [2.75, 3.05) is 9.96 Å². The summed E-state index contributed by atoms with van der Waals surface area (Å²) >= 11 is 0. The molecule has 9 heteroatoms. The lowest BCUT2D eigenvalue weighted by Crippen LogP contribution is -2.37. The van der Waals surface area contributed by atoms with Crippen LogP contribution < -0.4 is 9.96 Å². The highest BCUT2D eigenvalue weighted by atomic mass is 16.7. The molecule has 0 aliphatic carbocycles. The summed E-state index contributed by atoms with van der Waals surface area (Å²) in [6.07, 6.45) is 2.28. The summed E-state index contributed by atoms with van der Waals surface area (Å²) in [4.78, 5) is 48.2. The minimum atomic E-state index is -1.01. The highest BCUT2D eigenvalue weighted by molar-refractivity contribution is 6.23. The predicted molar refractivity (Wildman–Crippen MR) is 110 cm³/mol. The molecule has 154 valence electrons. The summed E-state index contributed by atoms with van der Waals surface area (Å²) in [6, 6.07) is 17.6. The van der Waals surface area contributed by atoms with Gasteiger partial charge in [-0.05, 0) is 35.9 Å². The quantitative estimate of drug-likeness (QED) is 0.366. The molecule has 2 saturated heterocycles. The van der Waals surface area contributed by atoms with Crippen LogP contribution in [0.25, 0.3) is 0 Å². The third kappa shape index (κ3) is 3.03. The number of anilines is 2. The normalized spacial score (nSPS) is 22.6. The minimum absolute atomic E-state index is 0.122. The van der Waals surface area contributed by atoms with Gasteiger partial charge in [-0.1, -0.05) is 24.3 Å². The molecule has 5 rings (SSSR count). The van der Waals surface area contributed by atoms with Crippen LogP contribution in [-0.2, 0) is 14.4 Å². The van der Waals surface area contributed by atoms with E-state index < -0.39 is 34.8 Å². The average Bonchev–Trinajstić information content (AvgIpc) is 3.31. The molecule has 0 N–H and O–H groups in total. The average molecular weight is 416 g/mol. The number of carbonyl (C=O) groups excluding carboxylic acids is 2. The Hall–Kier alpha value is -4.11. The molecule has 1 aromatic heterocycles. The molecule has 3 aromatic rings. The van der Waals surface area contributed by atoms with E-state index in [0.717, 1.165) is 10.5 Å². The summed E-state index contributed by atoms with van der Waals surface area (Å²) in [6.45, 7) is 0. The number of carbonyl (C=O) groups is 2. The molecule has 0 saturated carbocycles. The molecule has 2 aliphatic heterocycles. The Labute approximate surface area is 176 Å². The molecule has 31 heavy (non-hydrogen) atoms. The van der Waals surface area contributed by atoms with Crippen LogP contribution >= 0.6 is 0 Å². The minimum Gasteiger partial charge on any atom is -0.273 e. The summed E-state index contributed by atoms with van der Waals surface area (Å²) in [5.74, 6) is -1.71. The topological polar surface area (TPSA) is 106 Å². The molecule has 2 amide bonds. The van der Waals surface area contributed by atoms with Gasteiger partial charge in [0.2, 0.25) is 5.91 Å². The molecule has 2 aromatic carbocycles. The molecule has 0 spiro atoms. The number of hydrogen-bond donors (Lipinski definition) is 0. The molecule has 2 aliphatic rings. The van der Waals surface area contributed by atoms with Gasteiger partial charge in [0.05, 0.1) is 22.3 Å². The highest BCUT2D eigenvalue weighted by Crippen LogP contribution is 2.47. The number of hydrogen-bond acceptors (Lipinski definition) is 7. The van der Waals surface area contributed by atoms with Crippen molar-refractivity contribution in [2.24, 2.45) is 5.92 Å². The number of fused-ring (bicyclic) bond motifs is 1. The van der Waals surface area contributed by atoms with E-state index in [0.29, 0.717) is 5.69 Å². The van der Waals surface area contributed by atoms with Crippen LogP contribution in [0.3, 0.4) is 0 Å². The van der Waals surface area contributed by atoms with Crippen LogP contribution in [0.15, 0.2) is 79.1 Å². The molecule has 0 bridgehead atoms. The zero-order valence-corrected chi connectivity index (χ0v) is 16.1. The van der Waals surface area contributed by atoms with Gasteiger partial charge in [0.25, 0.3) is 11.6 Å². The van der Waals surface area contributed by atoms with Gasteiger partial charge in [0.1, 0.15) is 5.92 Å². The second kappa shape index (κ2) is 7.29. The SMILES string of the molecule is O=C1[C@@H]2[C@H](ON(c3ccccc3)[C@@H]2c2cccnc2)C(=O)N1c1ccc([N+](=O)[O-])cc1. The molecule has 3 atom stereocenters. The van der Waals surface area contributed by atoms with Crippen LogP contribution in [0, 0.1) is 16.0 Å². The summed E-state index contributed by atoms with van der Waals surface area (Å²) in [7, 11) is 0. The fourth-order valence-electron chi connectivity index (χ4n) is 4.08. The summed E-state index contributed by atoms with van der Waals surface area (Å²) in [5.41, 5.74) is 1.61. The van der Waals surface area contributed by atoms with Crippen LogP contribution in [0.5, 0.6) is 0 Å². The van der Waals surface area contributed by atoms with Crippen molar-refractivity contribution in [1.29, 1.82) is 0 Å². The van der Waals surface area contributed by atoms with E-state index in [4.69, 9.17) is 4.84 Å². The van der Waals surface area contributed by atoms with Gasteiger partial charge in [-0.3, -0.25) is 29.5 Å². The van der Waals surface area contributed by atoms with E-state index in [-0.39, 0.29) is 11.4 Å². The van der Waals surface area contributed by atoms with E-state index in [1.54, 1.807) is 23.5 Å². The Balaban J connectivity index is 1.54. The fraction of sp³-hybridized carbons (Fsp3) is 0.136. The van der Waals surface area contributed by atoms with Crippen molar-refractivity contribution < 1.29 is 19.3 Å². The van der Waals surface area contributed by atoms with Crippen LogP contribution in [0.4, 0.5) is 17.1 Å². The Morgan fingerprint density at radius 2 is 1.65 bits per heavy atom. The Kier molecular flexibility index (Phi) is 4.45. The summed E-state index contributed by atoms with van der Waals surface area (Å²) in [5, 5.41) is 12.5. The van der Waals surface area contributed by atoms with Gasteiger partial charge < -0.3 is 0 Å². The lowest BCUT2D eigenvalue weighted by atomic mass is 9.91. The number of pyridine rings is 1. The van der Waals surface area contributed by atoms with Gasteiger partial charge in [0, 0.05) is 24.5 Å². The van der Waals surface area contributed by atoms with Crippen molar-refractivity contribution in [3.05, 3.63) is 94.8 Å². The molecule has 2 fully saturated rings. The molecule has 0 unspecified atom stereocenters. The first-order valence-electron chi connectivity index (χ1n) is 9.59. The number of imide groups is 1. The number of nitrogens with zero attached hydrogens (tertiary/aromatic N) is 4. The second-order valence-corrected chi connectivity index (χ2v) is 7.23. The number of aromatic nitrogens is 1. The maximum Gasteiger partial charge on any atom is 0.269 e. The largest absolute Gasteiger partial charge is 0.273 e. The zero-order chi connectivity index (χ0) is 21.5. The van der Waals surface area contributed by atoms with Crippen molar-refractivity contribution in [3.8, 4) is 0 Å². The molecular formula is C22H16N4O5. The van der Waals surface area contributed by atoms with Crippen molar-refractivity contribution in [1.82, 2.24) is 4.98 Å². The number of non-ortho nitro benzene ring substituents is 1. The van der Waals surface area contributed by atoms with E-state index in [1.165, 1.54) is 24.3 Å². The van der Waals surface area contributed by atoms with Crippen LogP contribution in [0.2, 0.25) is 0 Å². The number of nitro benzene ring substituents is 1. The number of nitro groups is 1. The zero-order valence-electron chi connectivity index (χ0n) is 16.1. The highest BCUT2D eigenvalue weighted by Gasteiger charge is 2.60. The van der Waals surface area contributed by atoms with Crippen LogP contribution in [-0.4, -0.2) is 27.8 Å². The molecule has 0 radical (unpaired) electrons. The van der Waals surface area contributed by atoms with Gasteiger partial charge in [-0.25, -0.2) is 9.96 Å². The van der Waals surface area contributed by atoms with Gasteiger partial charge >= 0.3 is 0 Å². The van der Waals surface area contributed by atoms with Gasteiger partial charge in [-0.2, -0.15) is 0 Å². The molecular weight excluding hydrogens is 400 g/mol. The van der Waals surface area contributed by atoms with Gasteiger partial charge in [-0.15, -0.1) is 0 Å². The van der Waals surface area contributed by atoms with E-state index in [1.807, 2.05) is 36.4 Å².